The Morgan fingerprint density at radius 2 is 1.76 bits per heavy atom. The van der Waals surface area contributed by atoms with Crippen LogP contribution in [0.25, 0.3) is 0 Å². The molecule has 0 amide bonds. The number of nitrogens with one attached hydrogen (secondary N) is 2. The predicted octanol–water partition coefficient (Wildman–Crippen LogP) is 2.67. The molecule has 1 aromatic carbocycles. The highest BCUT2D eigenvalue weighted by Crippen LogP contribution is 2.34. The van der Waals surface area contributed by atoms with E-state index in [1.54, 1.807) is 19.1 Å². The summed E-state index contributed by atoms with van der Waals surface area (Å²) >= 11 is 12.3. The van der Waals surface area contributed by atoms with Crippen LogP contribution in [0.3, 0.4) is 0 Å². The first kappa shape index (κ1) is 15.7. The molecule has 0 radical (unpaired) electrons. The van der Waals surface area contributed by atoms with E-state index in [0.717, 1.165) is 5.56 Å². The lowest BCUT2D eigenvalue weighted by Crippen LogP contribution is -2.27. The number of aromatic nitrogens is 2. The van der Waals surface area contributed by atoms with Crippen molar-refractivity contribution in [3.8, 4) is 5.75 Å². The average molecular weight is 329 g/mol. The van der Waals surface area contributed by atoms with Crippen LogP contribution in [0.4, 0.5) is 0 Å². The van der Waals surface area contributed by atoms with E-state index in [-0.39, 0.29) is 0 Å². The Labute approximate surface area is 130 Å². The number of aromatic amines is 2. The van der Waals surface area contributed by atoms with Crippen LogP contribution < -0.4 is 16.0 Å². The maximum Gasteiger partial charge on any atom is 0.325 e. The second-order valence-electron chi connectivity index (χ2n) is 4.51. The van der Waals surface area contributed by atoms with Crippen molar-refractivity contribution in [1.29, 1.82) is 0 Å². The Morgan fingerprint density at radius 3 is 2.29 bits per heavy atom. The van der Waals surface area contributed by atoms with Gasteiger partial charge in [-0.3, -0.25) is 9.78 Å². The molecule has 2 rings (SSSR count). The molecule has 0 saturated heterocycles. The van der Waals surface area contributed by atoms with Crippen LogP contribution in [0.15, 0.2) is 21.7 Å². The van der Waals surface area contributed by atoms with Gasteiger partial charge in [-0.05, 0) is 31.5 Å². The molecule has 1 aromatic heterocycles. The summed E-state index contributed by atoms with van der Waals surface area (Å²) in [5, 5.41) is 0.774. The van der Waals surface area contributed by atoms with Gasteiger partial charge < -0.3 is 9.72 Å². The first-order valence-electron chi connectivity index (χ1n) is 6.35. The van der Waals surface area contributed by atoms with E-state index < -0.39 is 11.2 Å². The van der Waals surface area contributed by atoms with Crippen molar-refractivity contribution >= 4 is 23.2 Å². The summed E-state index contributed by atoms with van der Waals surface area (Å²) in [6, 6.07) is 3.39. The van der Waals surface area contributed by atoms with E-state index in [4.69, 9.17) is 27.9 Å². The molecule has 0 spiro atoms. The molecule has 0 atom stereocenters. The van der Waals surface area contributed by atoms with Gasteiger partial charge in [0.05, 0.1) is 16.7 Å². The zero-order chi connectivity index (χ0) is 15.6. The van der Waals surface area contributed by atoms with Crippen molar-refractivity contribution in [2.24, 2.45) is 0 Å². The summed E-state index contributed by atoms with van der Waals surface area (Å²) in [5.41, 5.74) is 0.797. The summed E-state index contributed by atoms with van der Waals surface area (Å²) in [5.74, 6) is 0.427. The normalized spacial score (nSPS) is 10.7. The Hall–Kier alpha value is -1.72. The zero-order valence-corrected chi connectivity index (χ0v) is 13.1. The minimum Gasteiger partial charge on any atom is -0.491 e. The number of hydrogen-bond donors (Lipinski definition) is 2. The minimum atomic E-state index is -0.524. The van der Waals surface area contributed by atoms with E-state index in [0.29, 0.717) is 40.1 Å². The fraction of sp³-hybridized carbons (Fsp3) is 0.286. The van der Waals surface area contributed by atoms with Gasteiger partial charge in [0.25, 0.3) is 5.56 Å². The van der Waals surface area contributed by atoms with E-state index in [9.17, 15) is 9.59 Å². The summed E-state index contributed by atoms with van der Waals surface area (Å²) < 4.78 is 5.36. The lowest BCUT2D eigenvalue weighted by Gasteiger charge is -2.11. The monoisotopic (exact) mass is 328 g/mol. The van der Waals surface area contributed by atoms with Gasteiger partial charge in [-0.25, -0.2) is 4.79 Å². The van der Waals surface area contributed by atoms with Crippen molar-refractivity contribution in [3.05, 3.63) is 59.8 Å². The number of ether oxygens (including phenoxy) is 1. The number of H-pyrrole nitrogens is 2. The topological polar surface area (TPSA) is 75.0 Å². The van der Waals surface area contributed by atoms with Gasteiger partial charge in [0.1, 0.15) is 0 Å². The van der Waals surface area contributed by atoms with Crippen molar-refractivity contribution in [1.82, 2.24) is 9.97 Å². The molecule has 2 N–H and O–H groups in total. The number of rotatable bonds is 4. The van der Waals surface area contributed by atoms with Gasteiger partial charge in [-0.2, -0.15) is 0 Å². The molecule has 0 bridgehead atoms. The molecule has 0 aliphatic heterocycles. The number of aryl methyl sites for hydroxylation is 1. The highest BCUT2D eigenvalue weighted by Gasteiger charge is 2.12. The molecular weight excluding hydrogens is 315 g/mol. The van der Waals surface area contributed by atoms with E-state index in [1.807, 2.05) is 6.92 Å². The Balaban J connectivity index is 2.42. The lowest BCUT2D eigenvalue weighted by atomic mass is 10.0. The Bertz CT molecular complexity index is 758. The highest BCUT2D eigenvalue weighted by atomic mass is 35.5. The Kier molecular flexibility index (Phi) is 4.75. The van der Waals surface area contributed by atoms with Crippen molar-refractivity contribution in [2.75, 3.05) is 6.61 Å². The molecule has 112 valence electrons. The van der Waals surface area contributed by atoms with Gasteiger partial charge >= 0.3 is 5.69 Å². The van der Waals surface area contributed by atoms with E-state index in [2.05, 4.69) is 9.97 Å². The van der Waals surface area contributed by atoms with Crippen LogP contribution in [0.1, 0.15) is 23.7 Å². The molecule has 0 aliphatic carbocycles. The smallest absolute Gasteiger partial charge is 0.325 e. The van der Waals surface area contributed by atoms with Gasteiger partial charge in [-0.15, -0.1) is 0 Å². The maximum absolute atomic E-state index is 11.8. The molecule has 21 heavy (non-hydrogen) atoms. The highest BCUT2D eigenvalue weighted by molar-refractivity contribution is 6.37. The molecule has 0 saturated carbocycles. The summed E-state index contributed by atoms with van der Waals surface area (Å²) in [4.78, 5) is 27.8. The number of halogens is 2. The molecule has 0 fully saturated rings. The molecular formula is C14H14Cl2N2O3. The third-order valence-electron chi connectivity index (χ3n) is 2.98. The first-order valence-corrected chi connectivity index (χ1v) is 7.10. The largest absolute Gasteiger partial charge is 0.491 e. The first-order chi connectivity index (χ1) is 9.92. The minimum absolute atomic E-state index is 0.309. The predicted molar refractivity (Wildman–Crippen MR) is 82.9 cm³/mol. The van der Waals surface area contributed by atoms with Crippen LogP contribution in [-0.4, -0.2) is 16.6 Å². The molecule has 2 aromatic rings. The summed E-state index contributed by atoms with van der Waals surface area (Å²) in [6.45, 7) is 3.96. The molecule has 1 heterocycles. The fourth-order valence-corrected chi connectivity index (χ4v) is 2.68. The van der Waals surface area contributed by atoms with Gasteiger partial charge in [-0.1, -0.05) is 23.2 Å². The van der Waals surface area contributed by atoms with Crippen molar-refractivity contribution in [2.45, 2.75) is 20.3 Å². The van der Waals surface area contributed by atoms with Gasteiger partial charge in [0.2, 0.25) is 0 Å². The van der Waals surface area contributed by atoms with Crippen LogP contribution >= 0.6 is 23.2 Å². The van der Waals surface area contributed by atoms with E-state index >= 15 is 0 Å². The maximum atomic E-state index is 11.8. The number of hydrogen-bond acceptors (Lipinski definition) is 3. The second-order valence-corrected chi connectivity index (χ2v) is 5.32. The fourth-order valence-electron chi connectivity index (χ4n) is 2.04. The Morgan fingerprint density at radius 1 is 1.14 bits per heavy atom. The van der Waals surface area contributed by atoms with Gasteiger partial charge in [0, 0.05) is 17.7 Å². The van der Waals surface area contributed by atoms with E-state index in [1.165, 1.54) is 0 Å². The van der Waals surface area contributed by atoms with Crippen LogP contribution in [0, 0.1) is 6.92 Å². The SMILES string of the molecule is CCOc1c(Cl)cc(Cc2c(C)[nH]c(=O)[nH]c2=O)cc1Cl. The third kappa shape index (κ3) is 3.49. The second kappa shape index (κ2) is 6.37. The van der Waals surface area contributed by atoms with Crippen LogP contribution in [0.2, 0.25) is 10.0 Å². The van der Waals surface area contributed by atoms with Crippen molar-refractivity contribution < 1.29 is 4.74 Å². The summed E-state index contributed by atoms with van der Waals surface area (Å²) in [7, 11) is 0. The molecule has 0 aliphatic rings. The van der Waals surface area contributed by atoms with Crippen LogP contribution in [-0.2, 0) is 6.42 Å². The molecule has 5 nitrogen and oxygen atoms in total. The lowest BCUT2D eigenvalue weighted by molar-refractivity contribution is 0.340. The van der Waals surface area contributed by atoms with Crippen LogP contribution in [0.5, 0.6) is 5.75 Å². The molecule has 7 heteroatoms. The standard InChI is InChI=1S/C14H14Cl2N2O3/c1-3-21-12-10(15)5-8(6-11(12)16)4-9-7(2)17-14(20)18-13(9)19/h5-6H,3-4H2,1-2H3,(H2,17,18,19,20). The summed E-state index contributed by atoms with van der Waals surface area (Å²) in [6.07, 6.45) is 0.309. The third-order valence-corrected chi connectivity index (χ3v) is 3.54. The number of benzene rings is 1. The van der Waals surface area contributed by atoms with Gasteiger partial charge in [0.15, 0.2) is 5.75 Å². The quantitative estimate of drug-likeness (QED) is 0.905. The zero-order valence-electron chi connectivity index (χ0n) is 11.5. The molecule has 0 unspecified atom stereocenters. The van der Waals surface area contributed by atoms with Crippen molar-refractivity contribution in [3.63, 3.8) is 0 Å². The average Bonchev–Trinajstić information content (AvgIpc) is 2.38.